The Labute approximate surface area is 131 Å². The number of amides is 1. The third-order valence-corrected chi connectivity index (χ3v) is 3.58. The fourth-order valence-corrected chi connectivity index (χ4v) is 2.70. The van der Waals surface area contributed by atoms with Gasteiger partial charge in [0.15, 0.2) is 0 Å². The summed E-state index contributed by atoms with van der Waals surface area (Å²) in [6.07, 6.45) is 4.12. The van der Waals surface area contributed by atoms with Crippen molar-refractivity contribution < 1.29 is 4.79 Å². The maximum Gasteiger partial charge on any atom is 0.347 e. The first-order valence-electron chi connectivity index (χ1n) is 7.92. The molecule has 1 aromatic heterocycles. The van der Waals surface area contributed by atoms with Crippen molar-refractivity contribution in [2.45, 2.75) is 65.2 Å². The molecule has 0 spiro atoms. The van der Waals surface area contributed by atoms with Gasteiger partial charge in [-0.05, 0) is 40.7 Å². The summed E-state index contributed by atoms with van der Waals surface area (Å²) in [4.78, 5) is 26.1. The molecule has 22 heavy (non-hydrogen) atoms. The molecule has 0 unspecified atom stereocenters. The van der Waals surface area contributed by atoms with Crippen LogP contribution in [0.5, 0.6) is 0 Å². The number of aryl methyl sites for hydroxylation is 1. The first kappa shape index (κ1) is 16.7. The second-order valence-electron chi connectivity index (χ2n) is 7.11. The van der Waals surface area contributed by atoms with Gasteiger partial charge in [-0.25, -0.2) is 4.79 Å². The second-order valence-corrected chi connectivity index (χ2v) is 7.11. The smallest absolute Gasteiger partial charge is 0.347 e. The Bertz CT molecular complexity index is 582. The van der Waals surface area contributed by atoms with Crippen molar-refractivity contribution in [2.75, 3.05) is 13.6 Å². The van der Waals surface area contributed by atoms with Crippen molar-refractivity contribution in [3.05, 3.63) is 16.3 Å². The van der Waals surface area contributed by atoms with Crippen LogP contribution in [0.1, 0.15) is 45.9 Å². The molecule has 0 saturated heterocycles. The van der Waals surface area contributed by atoms with E-state index in [1.165, 1.54) is 4.68 Å². The van der Waals surface area contributed by atoms with E-state index in [9.17, 15) is 9.59 Å². The summed E-state index contributed by atoms with van der Waals surface area (Å²) in [6, 6.07) is 0. The predicted molar refractivity (Wildman–Crippen MR) is 84.6 cm³/mol. The van der Waals surface area contributed by atoms with Crippen LogP contribution in [0.25, 0.3) is 0 Å². The fraction of sp³-hybridized carbons (Fsp3) is 0.800. The third kappa shape index (κ3) is 4.43. The highest BCUT2D eigenvalue weighted by molar-refractivity contribution is 5.78. The molecule has 124 valence electrons. The zero-order chi connectivity index (χ0) is 16.3. The molecule has 2 heterocycles. The Hall–Kier alpha value is -1.63. The van der Waals surface area contributed by atoms with Crippen LogP contribution in [0, 0.1) is 0 Å². The SMILES string of the molecule is CN(CC(=O)NC(C)(C)C)Cn1nc2n(c1=O)CCCCC2. The molecule has 0 atom stereocenters. The van der Waals surface area contributed by atoms with Crippen molar-refractivity contribution >= 4 is 5.91 Å². The van der Waals surface area contributed by atoms with Crippen LogP contribution in [-0.2, 0) is 24.4 Å². The topological polar surface area (TPSA) is 72.2 Å². The van der Waals surface area contributed by atoms with Gasteiger partial charge in [0.05, 0.1) is 13.2 Å². The van der Waals surface area contributed by atoms with Crippen LogP contribution < -0.4 is 11.0 Å². The molecule has 1 amide bonds. The molecule has 0 fully saturated rings. The van der Waals surface area contributed by atoms with E-state index >= 15 is 0 Å². The molecule has 7 heteroatoms. The van der Waals surface area contributed by atoms with E-state index in [1.807, 2.05) is 27.8 Å². The summed E-state index contributed by atoms with van der Waals surface area (Å²) >= 11 is 0. The normalized spacial score (nSPS) is 15.5. The van der Waals surface area contributed by atoms with Crippen molar-refractivity contribution in [2.24, 2.45) is 0 Å². The van der Waals surface area contributed by atoms with Gasteiger partial charge in [0, 0.05) is 18.5 Å². The number of hydrogen-bond acceptors (Lipinski definition) is 4. The van der Waals surface area contributed by atoms with Gasteiger partial charge in [-0.3, -0.25) is 14.3 Å². The second kappa shape index (κ2) is 6.64. The number of nitrogens with zero attached hydrogens (tertiary/aromatic N) is 4. The highest BCUT2D eigenvalue weighted by Gasteiger charge is 2.18. The van der Waals surface area contributed by atoms with E-state index in [0.717, 1.165) is 38.1 Å². The Morgan fingerprint density at radius 2 is 2.05 bits per heavy atom. The number of rotatable bonds is 4. The molecule has 0 saturated carbocycles. The average Bonchev–Trinajstić information content (AvgIpc) is 2.56. The number of nitrogens with one attached hydrogen (secondary N) is 1. The largest absolute Gasteiger partial charge is 0.350 e. The van der Waals surface area contributed by atoms with Crippen molar-refractivity contribution in [1.82, 2.24) is 24.6 Å². The molecular formula is C15H27N5O2. The molecule has 1 N–H and O–H groups in total. The zero-order valence-corrected chi connectivity index (χ0v) is 14.1. The standard InChI is InChI=1S/C15H27N5O2/c1-15(2,3)16-13(21)10-18(4)11-20-14(22)19-9-7-5-6-8-12(19)17-20/h5-11H2,1-4H3,(H,16,21). The van der Waals surface area contributed by atoms with Gasteiger partial charge in [-0.2, -0.15) is 9.78 Å². The molecule has 7 nitrogen and oxygen atoms in total. The number of likely N-dealkylation sites (N-methyl/N-ethyl adjacent to an activating group) is 1. The van der Waals surface area contributed by atoms with E-state index in [2.05, 4.69) is 10.4 Å². The molecule has 1 aliphatic rings. The zero-order valence-electron chi connectivity index (χ0n) is 14.1. The van der Waals surface area contributed by atoms with Gasteiger partial charge in [0.25, 0.3) is 0 Å². The quantitative estimate of drug-likeness (QED) is 0.883. The highest BCUT2D eigenvalue weighted by atomic mass is 16.2. The maximum absolute atomic E-state index is 12.4. The molecule has 0 aromatic carbocycles. The summed E-state index contributed by atoms with van der Waals surface area (Å²) in [5.41, 5.74) is -0.319. The lowest BCUT2D eigenvalue weighted by Crippen LogP contribution is -2.46. The minimum absolute atomic E-state index is 0.0520. The van der Waals surface area contributed by atoms with Gasteiger partial charge in [0.2, 0.25) is 5.91 Å². The fourth-order valence-electron chi connectivity index (χ4n) is 2.70. The molecule has 0 aliphatic carbocycles. The number of carbonyl (C=O) groups is 1. The maximum atomic E-state index is 12.4. The molecule has 1 aromatic rings. The summed E-state index contributed by atoms with van der Waals surface area (Å²) in [7, 11) is 1.82. The van der Waals surface area contributed by atoms with Crippen LogP contribution in [0.3, 0.4) is 0 Å². The summed E-state index contributed by atoms with van der Waals surface area (Å²) in [5.74, 6) is 0.818. The predicted octanol–water partition coefficient (Wildman–Crippen LogP) is 0.575. The van der Waals surface area contributed by atoms with Gasteiger partial charge in [-0.1, -0.05) is 6.42 Å². The van der Waals surface area contributed by atoms with E-state index < -0.39 is 0 Å². The Morgan fingerprint density at radius 3 is 2.73 bits per heavy atom. The number of carbonyl (C=O) groups excluding carboxylic acids is 1. The van der Waals surface area contributed by atoms with Gasteiger partial charge in [-0.15, -0.1) is 0 Å². The summed E-state index contributed by atoms with van der Waals surface area (Å²) < 4.78 is 3.24. The molecule has 1 aliphatic heterocycles. The van der Waals surface area contributed by atoms with Gasteiger partial charge in [0.1, 0.15) is 5.82 Å². The van der Waals surface area contributed by atoms with Crippen LogP contribution in [0.15, 0.2) is 4.79 Å². The lowest BCUT2D eigenvalue weighted by molar-refractivity contribution is -0.123. The lowest BCUT2D eigenvalue weighted by Gasteiger charge is -2.23. The Balaban J connectivity index is 1.99. The van der Waals surface area contributed by atoms with E-state index in [1.54, 1.807) is 9.47 Å². The molecule has 0 radical (unpaired) electrons. The third-order valence-electron chi connectivity index (χ3n) is 3.58. The first-order valence-corrected chi connectivity index (χ1v) is 7.92. The van der Waals surface area contributed by atoms with Crippen LogP contribution in [0.4, 0.5) is 0 Å². The molecule has 2 rings (SSSR count). The number of fused-ring (bicyclic) bond motifs is 1. The number of hydrogen-bond donors (Lipinski definition) is 1. The van der Waals surface area contributed by atoms with Crippen molar-refractivity contribution in [1.29, 1.82) is 0 Å². The molecule has 0 bridgehead atoms. The average molecular weight is 309 g/mol. The monoisotopic (exact) mass is 309 g/mol. The van der Waals surface area contributed by atoms with Gasteiger partial charge >= 0.3 is 5.69 Å². The van der Waals surface area contributed by atoms with Crippen molar-refractivity contribution in [3.8, 4) is 0 Å². The minimum Gasteiger partial charge on any atom is -0.350 e. The molecular weight excluding hydrogens is 282 g/mol. The minimum atomic E-state index is -0.249. The number of aromatic nitrogens is 3. The van der Waals surface area contributed by atoms with Crippen LogP contribution in [0.2, 0.25) is 0 Å². The first-order chi connectivity index (χ1) is 10.3. The van der Waals surface area contributed by atoms with Crippen molar-refractivity contribution in [3.63, 3.8) is 0 Å². The van der Waals surface area contributed by atoms with E-state index in [-0.39, 0.29) is 23.7 Å². The Morgan fingerprint density at radius 1 is 1.32 bits per heavy atom. The van der Waals surface area contributed by atoms with Gasteiger partial charge < -0.3 is 5.32 Å². The van der Waals surface area contributed by atoms with E-state index in [4.69, 9.17) is 0 Å². The highest BCUT2D eigenvalue weighted by Crippen LogP contribution is 2.10. The summed E-state index contributed by atoms with van der Waals surface area (Å²) in [5, 5.41) is 7.34. The van der Waals surface area contributed by atoms with Crippen LogP contribution >= 0.6 is 0 Å². The van der Waals surface area contributed by atoms with Crippen LogP contribution in [-0.4, -0.2) is 44.3 Å². The summed E-state index contributed by atoms with van der Waals surface area (Å²) in [6.45, 7) is 7.16. The Kier molecular flexibility index (Phi) is 5.05. The van der Waals surface area contributed by atoms with E-state index in [0.29, 0.717) is 6.67 Å². The lowest BCUT2D eigenvalue weighted by atomic mass is 10.1.